The monoisotopic (exact) mass is 446 g/mol. The second-order valence-electron chi connectivity index (χ2n) is 9.42. The van der Waals surface area contributed by atoms with Crippen LogP contribution in [0.4, 0.5) is 4.79 Å². The van der Waals surface area contributed by atoms with Crippen LogP contribution in [0.15, 0.2) is 12.1 Å². The summed E-state index contributed by atoms with van der Waals surface area (Å²) in [6, 6.07) is 3.78. The van der Waals surface area contributed by atoms with Gasteiger partial charge in [-0.3, -0.25) is 0 Å². The lowest BCUT2D eigenvalue weighted by molar-refractivity contribution is 0.0311. The van der Waals surface area contributed by atoms with Gasteiger partial charge < -0.3 is 19.8 Å². The quantitative estimate of drug-likeness (QED) is 0.563. The number of nitrogens with zero attached hydrogens (tertiary/aromatic N) is 1. The first-order valence-corrected chi connectivity index (χ1v) is 13.2. The van der Waals surface area contributed by atoms with Gasteiger partial charge in [0.25, 0.3) is 8.32 Å². The average molecular weight is 447 g/mol. The van der Waals surface area contributed by atoms with Crippen molar-refractivity contribution >= 4 is 37.6 Å². The Morgan fingerprint density at radius 3 is 2.11 bits per heavy atom. The van der Waals surface area contributed by atoms with Gasteiger partial charge in [0.05, 0.1) is 16.1 Å². The van der Waals surface area contributed by atoms with E-state index in [0.717, 1.165) is 18.4 Å². The van der Waals surface area contributed by atoms with E-state index in [1.54, 1.807) is 0 Å². The highest BCUT2D eigenvalue weighted by Crippen LogP contribution is 2.46. The van der Waals surface area contributed by atoms with Crippen LogP contribution in [0.3, 0.4) is 0 Å². The number of primary amides is 1. The highest BCUT2D eigenvalue weighted by atomic mass is 35.5. The maximum atomic E-state index is 11.3. The molecular weight excluding hydrogens is 415 g/mol. The Bertz CT molecular complexity index is 720. The maximum Gasteiger partial charge on any atom is 0.405 e. The number of hydrogen-bond donors (Lipinski definition) is 1. The molecule has 0 saturated heterocycles. The second-order valence-corrected chi connectivity index (χ2v) is 15.0. The summed E-state index contributed by atoms with van der Waals surface area (Å²) in [6.07, 6.45) is 1.50. The number of carbonyl (C=O) groups is 1. The number of hydrogen-bond acceptors (Lipinski definition) is 4. The molecule has 1 aromatic rings. The topological polar surface area (TPSA) is 64.8 Å². The van der Waals surface area contributed by atoms with Crippen LogP contribution in [0.25, 0.3) is 0 Å². The molecule has 2 N–H and O–H groups in total. The molecule has 0 heterocycles. The smallest absolute Gasteiger partial charge is 0.405 e. The van der Waals surface area contributed by atoms with Crippen LogP contribution in [-0.2, 0) is 11.2 Å². The van der Waals surface area contributed by atoms with Gasteiger partial charge in [0, 0.05) is 0 Å². The molecule has 28 heavy (non-hydrogen) atoms. The lowest BCUT2D eigenvalue weighted by Crippen LogP contribution is -2.46. The summed E-state index contributed by atoms with van der Waals surface area (Å²) in [5, 5.41) is 1.05. The summed E-state index contributed by atoms with van der Waals surface area (Å²) in [6.45, 7) is 10.8. The van der Waals surface area contributed by atoms with Crippen molar-refractivity contribution in [1.82, 2.24) is 4.90 Å². The van der Waals surface area contributed by atoms with E-state index >= 15 is 0 Å². The van der Waals surface area contributed by atoms with Gasteiger partial charge in [-0.2, -0.15) is 0 Å². The zero-order chi connectivity index (χ0) is 21.5. The molecule has 1 amide bonds. The fraction of sp³-hybridized carbons (Fsp3) is 0.650. The molecule has 0 spiro atoms. The van der Waals surface area contributed by atoms with Crippen molar-refractivity contribution in [2.75, 3.05) is 14.1 Å². The zero-order valence-corrected chi connectivity index (χ0v) is 20.4. The van der Waals surface area contributed by atoms with Gasteiger partial charge in [-0.15, -0.1) is 0 Å². The van der Waals surface area contributed by atoms with Crippen molar-refractivity contribution in [2.24, 2.45) is 5.73 Å². The number of ether oxygens (including phenoxy) is 1. The number of rotatable bonds is 7. The van der Waals surface area contributed by atoms with E-state index in [1.165, 1.54) is 0 Å². The van der Waals surface area contributed by atoms with Crippen molar-refractivity contribution in [1.29, 1.82) is 0 Å². The number of halogens is 2. The Labute approximate surface area is 179 Å². The van der Waals surface area contributed by atoms with Crippen molar-refractivity contribution in [2.45, 2.75) is 69.8 Å². The molecule has 1 unspecified atom stereocenters. The molecule has 1 aliphatic rings. The van der Waals surface area contributed by atoms with Gasteiger partial charge >= 0.3 is 6.09 Å². The Morgan fingerprint density at radius 2 is 1.75 bits per heavy atom. The minimum atomic E-state index is -2.06. The maximum absolute atomic E-state index is 11.3. The molecule has 2 rings (SSSR count). The minimum absolute atomic E-state index is 0.0145. The molecule has 1 fully saturated rings. The van der Waals surface area contributed by atoms with E-state index in [2.05, 4.69) is 38.8 Å². The van der Waals surface area contributed by atoms with E-state index in [-0.39, 0.29) is 11.1 Å². The van der Waals surface area contributed by atoms with E-state index in [9.17, 15) is 4.79 Å². The van der Waals surface area contributed by atoms with Crippen molar-refractivity contribution < 1.29 is 14.0 Å². The van der Waals surface area contributed by atoms with Crippen molar-refractivity contribution in [3.05, 3.63) is 27.7 Å². The zero-order valence-electron chi connectivity index (χ0n) is 17.9. The lowest BCUT2D eigenvalue weighted by Gasteiger charge is -2.37. The Hall–Kier alpha value is -0.953. The third-order valence-corrected chi connectivity index (χ3v) is 10.8. The third kappa shape index (κ3) is 5.15. The fourth-order valence-electron chi connectivity index (χ4n) is 3.13. The first kappa shape index (κ1) is 23.3. The SMILES string of the molecule is CN(C)C(Cc1cc(Cl)c(O[Si](C)(C)C(C)(C)C)c(Cl)c1)C1(OC(N)=O)CC1. The van der Waals surface area contributed by atoms with Crippen LogP contribution in [-0.4, -0.2) is 45.0 Å². The molecule has 5 nitrogen and oxygen atoms in total. The average Bonchev–Trinajstić information content (AvgIpc) is 3.26. The van der Waals surface area contributed by atoms with Gasteiger partial charge in [0.2, 0.25) is 0 Å². The summed E-state index contributed by atoms with van der Waals surface area (Å²) in [7, 11) is 1.87. The van der Waals surface area contributed by atoms with E-state index in [0.29, 0.717) is 22.2 Å². The molecule has 0 aromatic heterocycles. The van der Waals surface area contributed by atoms with Crippen LogP contribution < -0.4 is 10.2 Å². The standard InChI is InChI=1S/C20H32Cl2N2O3Si/c1-19(2,3)28(6,7)27-17-14(21)10-13(11-15(17)22)12-16(24(4)5)20(8-9-20)26-18(23)25/h10-11,16H,8-9,12H2,1-7H3,(H2,23,25). The molecule has 1 aliphatic carbocycles. The van der Waals surface area contributed by atoms with Crippen molar-refractivity contribution in [3.63, 3.8) is 0 Å². The second kappa shape index (κ2) is 8.05. The summed E-state index contributed by atoms with van der Waals surface area (Å²) in [4.78, 5) is 13.4. The van der Waals surface area contributed by atoms with Gasteiger partial charge in [0.1, 0.15) is 11.4 Å². The third-order valence-electron chi connectivity index (χ3n) is 5.93. The van der Waals surface area contributed by atoms with Crippen LogP contribution in [0, 0.1) is 0 Å². The Morgan fingerprint density at radius 1 is 1.25 bits per heavy atom. The van der Waals surface area contributed by atoms with Gasteiger partial charge in [-0.1, -0.05) is 44.0 Å². The predicted molar refractivity (Wildman–Crippen MR) is 118 cm³/mol. The summed E-state index contributed by atoms with van der Waals surface area (Å²) < 4.78 is 11.8. The van der Waals surface area contributed by atoms with Crippen LogP contribution in [0.1, 0.15) is 39.2 Å². The van der Waals surface area contributed by atoms with E-state index in [4.69, 9.17) is 38.1 Å². The minimum Gasteiger partial charge on any atom is -0.542 e. The lowest BCUT2D eigenvalue weighted by atomic mass is 9.98. The normalized spacial score (nSPS) is 17.4. The summed E-state index contributed by atoms with van der Waals surface area (Å²) in [5.74, 6) is 0.551. The van der Waals surface area contributed by atoms with Crippen molar-refractivity contribution in [3.8, 4) is 5.75 Å². The van der Waals surface area contributed by atoms with Gasteiger partial charge in [0.15, 0.2) is 0 Å². The molecule has 1 atom stereocenters. The number of nitrogens with two attached hydrogens (primary N) is 1. The highest BCUT2D eigenvalue weighted by Gasteiger charge is 2.54. The molecule has 0 radical (unpaired) electrons. The van der Waals surface area contributed by atoms with Crippen LogP contribution in [0.2, 0.25) is 28.2 Å². The molecule has 1 saturated carbocycles. The first-order chi connectivity index (χ1) is 12.7. The predicted octanol–water partition coefficient (Wildman–Crippen LogP) is 5.48. The number of carbonyl (C=O) groups excluding carboxylic acids is 1. The first-order valence-electron chi connectivity index (χ1n) is 9.50. The molecule has 158 valence electrons. The molecular formula is C20H32Cl2N2O3Si. The van der Waals surface area contributed by atoms with Crippen LogP contribution >= 0.6 is 23.2 Å². The van der Waals surface area contributed by atoms with E-state index in [1.807, 2.05) is 26.2 Å². The van der Waals surface area contributed by atoms with E-state index < -0.39 is 20.0 Å². The summed E-state index contributed by atoms with van der Waals surface area (Å²) >= 11 is 13.1. The number of benzene rings is 1. The Kier molecular flexibility index (Phi) is 6.71. The molecule has 1 aromatic carbocycles. The van der Waals surface area contributed by atoms with Gasteiger partial charge in [-0.25, -0.2) is 4.79 Å². The van der Waals surface area contributed by atoms with Gasteiger partial charge in [-0.05, 0) is 69.2 Å². The highest BCUT2D eigenvalue weighted by molar-refractivity contribution is 6.75. The largest absolute Gasteiger partial charge is 0.542 e. The molecule has 8 heteroatoms. The fourth-order valence-corrected chi connectivity index (χ4v) is 4.90. The van der Waals surface area contributed by atoms with Crippen LogP contribution in [0.5, 0.6) is 5.75 Å². The molecule has 0 bridgehead atoms. The summed E-state index contributed by atoms with van der Waals surface area (Å²) in [5.41, 5.74) is 5.71. The number of likely N-dealkylation sites (N-methyl/N-ethyl adjacent to an activating group) is 1. The molecule has 0 aliphatic heterocycles. The number of amides is 1. The Balaban J connectivity index is 2.27.